The summed E-state index contributed by atoms with van der Waals surface area (Å²) < 4.78 is 31.4. The number of carbonyl (C=O) groups is 6. The lowest BCUT2D eigenvalue weighted by Gasteiger charge is -2.26. The molecule has 0 aliphatic carbocycles. The van der Waals surface area contributed by atoms with E-state index < -0.39 is 53.4 Å². The van der Waals surface area contributed by atoms with Gasteiger partial charge in [0, 0.05) is 41.5 Å². The average molecular weight is 563 g/mol. The molecule has 202 valence electrons. The molecule has 0 radical (unpaired) electrons. The maximum Gasteiger partial charge on any atom is 0.742 e. The van der Waals surface area contributed by atoms with Gasteiger partial charge in [0.1, 0.15) is 0 Å². The van der Waals surface area contributed by atoms with E-state index in [1.54, 1.807) is 24.3 Å². The highest BCUT2D eigenvalue weighted by Crippen LogP contribution is 2.21. The van der Waals surface area contributed by atoms with Gasteiger partial charge in [0.2, 0.25) is 0 Å². The Morgan fingerprint density at radius 3 is 0.737 bits per heavy atom. The van der Waals surface area contributed by atoms with Crippen LogP contribution in [0.4, 0.5) is 0 Å². The Morgan fingerprint density at radius 2 is 0.579 bits per heavy atom. The van der Waals surface area contributed by atoms with Gasteiger partial charge >= 0.3 is 17.6 Å². The Hall–Kier alpha value is -4.31. The normalized spacial score (nSPS) is 11.0. The Labute approximate surface area is 220 Å². The topological polar surface area (TPSA) is 158 Å². The van der Waals surface area contributed by atoms with Gasteiger partial charge in [0.25, 0.3) is 35.8 Å². The van der Waals surface area contributed by atoms with E-state index in [1.807, 2.05) is 0 Å². The second-order valence-electron chi connectivity index (χ2n) is 7.83. The van der Waals surface area contributed by atoms with Gasteiger partial charge in [-0.2, -0.15) is 0 Å². The van der Waals surface area contributed by atoms with Gasteiger partial charge in [0.05, 0.1) is 10.4 Å². The molecule has 0 atom stereocenters. The van der Waals surface area contributed by atoms with Gasteiger partial charge < -0.3 is 26.6 Å². The van der Waals surface area contributed by atoms with Crippen LogP contribution in [0.5, 0.6) is 0 Å². The molecule has 12 nitrogen and oxygen atoms in total. The van der Waals surface area contributed by atoms with E-state index in [-0.39, 0.29) is 10.4 Å². The molecule has 0 unspecified atom stereocenters. The van der Waals surface area contributed by atoms with Crippen molar-refractivity contribution >= 4 is 63.8 Å². The monoisotopic (exact) mass is 562 g/mol. The molecule has 38 heavy (non-hydrogen) atoms. The summed E-state index contributed by atoms with van der Waals surface area (Å²) in [5.74, 6) is -4.83. The van der Waals surface area contributed by atoms with Crippen LogP contribution < -0.4 is 10.4 Å². The molecule has 0 bridgehead atoms. The van der Waals surface area contributed by atoms with Crippen molar-refractivity contribution in [2.24, 2.45) is 0 Å². The van der Waals surface area contributed by atoms with Crippen molar-refractivity contribution < 1.29 is 55.3 Å². The SMILES string of the molecule is CC(=O)O[Si](OC(C)=O)(OC(C)=O)c1ccc(-c2ccc([Si](OC(C)=O)(OC(C)=O)OC(C)=O)cc2)cc1. The zero-order valence-corrected chi connectivity index (χ0v) is 23.5. The minimum atomic E-state index is -4.25. The molecular weight excluding hydrogens is 536 g/mol. The Bertz CT molecular complexity index is 1060. The summed E-state index contributed by atoms with van der Waals surface area (Å²) in [6.45, 7) is 6.56. The summed E-state index contributed by atoms with van der Waals surface area (Å²) in [5.41, 5.74) is 1.27. The van der Waals surface area contributed by atoms with Crippen LogP contribution in [0.25, 0.3) is 11.1 Å². The van der Waals surface area contributed by atoms with E-state index in [9.17, 15) is 28.8 Å². The highest BCUT2D eigenvalue weighted by atomic mass is 28.4. The summed E-state index contributed by atoms with van der Waals surface area (Å²) in [6.07, 6.45) is 0. The molecule has 2 rings (SSSR count). The van der Waals surface area contributed by atoms with Gasteiger partial charge in [-0.3, -0.25) is 28.8 Å². The van der Waals surface area contributed by atoms with Crippen molar-refractivity contribution in [1.29, 1.82) is 0 Å². The van der Waals surface area contributed by atoms with E-state index in [2.05, 4.69) is 0 Å². The highest BCUT2D eigenvalue weighted by Gasteiger charge is 2.55. The smallest absolute Gasteiger partial charge is 0.452 e. The van der Waals surface area contributed by atoms with Gasteiger partial charge in [-0.1, -0.05) is 48.5 Å². The molecule has 0 fully saturated rings. The lowest BCUT2D eigenvalue weighted by Crippen LogP contribution is -2.59. The third-order valence-electron chi connectivity index (χ3n) is 4.48. The molecule has 0 spiro atoms. The minimum absolute atomic E-state index is 0.185. The van der Waals surface area contributed by atoms with Crippen LogP contribution in [0.15, 0.2) is 48.5 Å². The first-order chi connectivity index (χ1) is 17.7. The number of hydrogen-bond donors (Lipinski definition) is 0. The number of benzene rings is 2. The number of carbonyl (C=O) groups excluding carboxylic acids is 6. The molecule has 2 aromatic carbocycles. The standard InChI is InChI=1S/C24H26O12Si2/c1-15(25)31-37(32-16(2)26,33-17(3)27)23-11-7-21(8-12-23)22-9-13-24(14-10-22)38(34-18(4)28,35-19(5)29)36-20(6)30/h7-14H,1-6H3. The van der Waals surface area contributed by atoms with Crippen molar-refractivity contribution in [3.8, 4) is 11.1 Å². The summed E-state index contributed by atoms with van der Waals surface area (Å²) >= 11 is 0. The average Bonchev–Trinajstić information content (AvgIpc) is 2.76. The van der Waals surface area contributed by atoms with Gasteiger partial charge in [0.15, 0.2) is 0 Å². The Kier molecular flexibility index (Phi) is 9.68. The fourth-order valence-corrected chi connectivity index (χ4v) is 7.73. The number of rotatable bonds is 9. The molecule has 2 aromatic rings. The molecule has 14 heteroatoms. The molecule has 0 saturated carbocycles. The predicted molar refractivity (Wildman–Crippen MR) is 133 cm³/mol. The van der Waals surface area contributed by atoms with E-state index >= 15 is 0 Å². The van der Waals surface area contributed by atoms with Crippen LogP contribution >= 0.6 is 0 Å². The van der Waals surface area contributed by atoms with Crippen molar-refractivity contribution in [2.45, 2.75) is 41.5 Å². The van der Waals surface area contributed by atoms with Crippen molar-refractivity contribution in [3.05, 3.63) is 48.5 Å². The summed E-state index contributed by atoms with van der Waals surface area (Å²) in [4.78, 5) is 70.4. The molecule has 0 saturated heterocycles. The van der Waals surface area contributed by atoms with Crippen LogP contribution in [-0.2, 0) is 55.3 Å². The predicted octanol–water partition coefficient (Wildman–Crippen LogP) is 1.02. The van der Waals surface area contributed by atoms with Gasteiger partial charge in [-0.05, 0) is 11.1 Å². The fraction of sp³-hybridized carbons (Fsp3) is 0.250. The molecule has 0 heterocycles. The molecular formula is C24H26O12Si2. The quantitative estimate of drug-likeness (QED) is 0.400. The van der Waals surface area contributed by atoms with E-state index in [0.29, 0.717) is 11.1 Å². The number of hydrogen-bond acceptors (Lipinski definition) is 12. The van der Waals surface area contributed by atoms with Crippen LogP contribution in [-0.4, -0.2) is 53.4 Å². The zero-order valence-electron chi connectivity index (χ0n) is 21.5. The van der Waals surface area contributed by atoms with Crippen LogP contribution in [0.3, 0.4) is 0 Å². The summed E-state index contributed by atoms with van der Waals surface area (Å²) in [6, 6.07) is 12.4. The van der Waals surface area contributed by atoms with Crippen molar-refractivity contribution in [1.82, 2.24) is 0 Å². The van der Waals surface area contributed by atoms with Crippen molar-refractivity contribution in [2.75, 3.05) is 0 Å². The molecule has 0 aliphatic rings. The fourth-order valence-electron chi connectivity index (χ4n) is 3.35. The third-order valence-corrected chi connectivity index (χ3v) is 9.90. The van der Waals surface area contributed by atoms with Gasteiger partial charge in [-0.25, -0.2) is 0 Å². The van der Waals surface area contributed by atoms with Crippen LogP contribution in [0.2, 0.25) is 0 Å². The van der Waals surface area contributed by atoms with Crippen molar-refractivity contribution in [3.63, 3.8) is 0 Å². The van der Waals surface area contributed by atoms with Gasteiger partial charge in [-0.15, -0.1) is 0 Å². The summed E-state index contributed by atoms with van der Waals surface area (Å²) in [5, 5.41) is 0.369. The molecule has 0 amide bonds. The molecule has 0 aliphatic heterocycles. The molecule has 0 aromatic heterocycles. The minimum Gasteiger partial charge on any atom is -0.452 e. The maximum absolute atomic E-state index is 11.7. The first-order valence-electron chi connectivity index (χ1n) is 11.1. The molecule has 0 N–H and O–H groups in total. The summed E-state index contributed by atoms with van der Waals surface area (Å²) in [7, 11) is -8.51. The van der Waals surface area contributed by atoms with Crippen LogP contribution in [0.1, 0.15) is 41.5 Å². The largest absolute Gasteiger partial charge is 0.742 e. The second kappa shape index (κ2) is 12.3. The lowest BCUT2D eigenvalue weighted by atomic mass is 10.1. The highest BCUT2D eigenvalue weighted by molar-refractivity contribution is 6.79. The first-order valence-corrected chi connectivity index (χ1v) is 14.5. The third kappa shape index (κ3) is 7.84. The van der Waals surface area contributed by atoms with E-state index in [1.165, 1.54) is 24.3 Å². The zero-order chi connectivity index (χ0) is 28.7. The van der Waals surface area contributed by atoms with E-state index in [0.717, 1.165) is 41.5 Å². The van der Waals surface area contributed by atoms with E-state index in [4.69, 9.17) is 26.6 Å². The lowest BCUT2D eigenvalue weighted by molar-refractivity contribution is -0.149. The first kappa shape index (κ1) is 29.9. The maximum atomic E-state index is 11.7. The second-order valence-corrected chi connectivity index (χ2v) is 12.4. The Morgan fingerprint density at radius 1 is 0.395 bits per heavy atom. The van der Waals surface area contributed by atoms with Crippen LogP contribution in [0, 0.1) is 0 Å². The Balaban J connectivity index is 2.50.